The third kappa shape index (κ3) is 3.65. The number of thiol groups is 1. The van der Waals surface area contributed by atoms with Gasteiger partial charge in [0.25, 0.3) is 0 Å². The van der Waals surface area contributed by atoms with Crippen molar-refractivity contribution in [3.63, 3.8) is 0 Å². The minimum Gasteiger partial charge on any atom is -0.493 e. The van der Waals surface area contributed by atoms with Crippen molar-refractivity contribution in [2.24, 2.45) is 5.41 Å². The van der Waals surface area contributed by atoms with Gasteiger partial charge in [0.05, 0.1) is 6.61 Å². The molecular weight excluding hydrogens is 296 g/mol. The van der Waals surface area contributed by atoms with Crippen LogP contribution in [-0.2, 0) is 0 Å². The molecule has 0 N–H and O–H groups in total. The maximum atomic E-state index is 5.92. The van der Waals surface area contributed by atoms with E-state index in [0.717, 1.165) is 22.6 Å². The van der Waals surface area contributed by atoms with Gasteiger partial charge in [-0.15, -0.1) is 0 Å². The molecule has 0 aliphatic heterocycles. The summed E-state index contributed by atoms with van der Waals surface area (Å²) in [6.07, 6.45) is 6.53. The number of rotatable bonds is 4. The Balaban J connectivity index is 1.93. The van der Waals surface area contributed by atoms with Crippen LogP contribution in [0.4, 0.5) is 0 Å². The number of hydrogen-bond donors (Lipinski definition) is 1. The van der Waals surface area contributed by atoms with Crippen LogP contribution in [0.25, 0.3) is 0 Å². The summed E-state index contributed by atoms with van der Waals surface area (Å²) in [6.45, 7) is 0.804. The van der Waals surface area contributed by atoms with E-state index < -0.39 is 0 Å². The fraction of sp³-hybridized carbons (Fsp3) is 0.571. The van der Waals surface area contributed by atoms with Crippen molar-refractivity contribution in [3.05, 3.63) is 28.7 Å². The van der Waals surface area contributed by atoms with E-state index in [-0.39, 0.29) is 0 Å². The maximum absolute atomic E-state index is 5.92. The first-order valence-electron chi connectivity index (χ1n) is 6.23. The highest BCUT2D eigenvalue weighted by Gasteiger charge is 2.31. The molecule has 0 bridgehead atoms. The van der Waals surface area contributed by atoms with Crippen LogP contribution in [0, 0.1) is 5.41 Å². The number of ether oxygens (including phenoxy) is 1. The highest BCUT2D eigenvalue weighted by atomic mass is 79.9. The van der Waals surface area contributed by atoms with Gasteiger partial charge in [-0.1, -0.05) is 35.2 Å². The monoisotopic (exact) mass is 314 g/mol. The Morgan fingerprint density at radius 3 is 2.35 bits per heavy atom. The average Bonchev–Trinajstić information content (AvgIpc) is 2.39. The molecule has 0 spiro atoms. The van der Waals surface area contributed by atoms with Gasteiger partial charge >= 0.3 is 0 Å². The molecule has 0 heterocycles. The first kappa shape index (κ1) is 13.3. The van der Waals surface area contributed by atoms with Gasteiger partial charge in [-0.2, -0.15) is 12.6 Å². The third-order valence-electron chi connectivity index (χ3n) is 3.61. The highest BCUT2D eigenvalue weighted by Crippen LogP contribution is 2.37. The summed E-state index contributed by atoms with van der Waals surface area (Å²) in [4.78, 5) is 0. The molecule has 2 rings (SSSR count). The summed E-state index contributed by atoms with van der Waals surface area (Å²) in [5.41, 5.74) is 0.300. The molecule has 0 aromatic heterocycles. The average molecular weight is 315 g/mol. The lowest BCUT2D eigenvalue weighted by molar-refractivity contribution is 0.121. The third-order valence-corrected chi connectivity index (χ3v) is 4.81. The van der Waals surface area contributed by atoms with Crippen LogP contribution in [0.2, 0.25) is 0 Å². The van der Waals surface area contributed by atoms with E-state index >= 15 is 0 Å². The van der Waals surface area contributed by atoms with Crippen LogP contribution in [0.5, 0.6) is 5.75 Å². The van der Waals surface area contributed by atoms with Gasteiger partial charge in [-0.05, 0) is 42.9 Å². The van der Waals surface area contributed by atoms with Crippen molar-refractivity contribution in [3.8, 4) is 5.75 Å². The summed E-state index contributed by atoms with van der Waals surface area (Å²) in [5, 5.41) is 0. The molecule has 1 aliphatic carbocycles. The molecule has 0 unspecified atom stereocenters. The van der Waals surface area contributed by atoms with Gasteiger partial charge in [0.15, 0.2) is 0 Å². The smallest absolute Gasteiger partial charge is 0.119 e. The molecule has 0 saturated heterocycles. The molecule has 1 aromatic carbocycles. The van der Waals surface area contributed by atoms with E-state index in [1.54, 1.807) is 0 Å². The zero-order valence-corrected chi connectivity index (χ0v) is 12.5. The molecule has 3 heteroatoms. The predicted octanol–water partition coefficient (Wildman–Crippen LogP) is 4.71. The largest absolute Gasteiger partial charge is 0.493 e. The fourth-order valence-electron chi connectivity index (χ4n) is 2.42. The Morgan fingerprint density at radius 1 is 1.12 bits per heavy atom. The van der Waals surface area contributed by atoms with Crippen molar-refractivity contribution in [1.29, 1.82) is 0 Å². The first-order chi connectivity index (χ1) is 8.24. The van der Waals surface area contributed by atoms with Crippen molar-refractivity contribution in [1.82, 2.24) is 0 Å². The van der Waals surface area contributed by atoms with E-state index in [2.05, 4.69) is 28.6 Å². The van der Waals surface area contributed by atoms with Gasteiger partial charge in [-0.25, -0.2) is 0 Å². The normalized spacial score (nSPS) is 18.9. The predicted molar refractivity (Wildman–Crippen MR) is 79.0 cm³/mol. The van der Waals surface area contributed by atoms with E-state index in [1.807, 2.05) is 24.3 Å². The lowest BCUT2D eigenvalue weighted by atomic mass is 9.76. The Bertz CT molecular complexity index is 344. The Labute approximate surface area is 117 Å². The summed E-state index contributed by atoms with van der Waals surface area (Å²) in [5.74, 6) is 1.89. The Morgan fingerprint density at radius 2 is 1.76 bits per heavy atom. The van der Waals surface area contributed by atoms with Crippen LogP contribution in [0.1, 0.15) is 32.1 Å². The number of benzene rings is 1. The van der Waals surface area contributed by atoms with E-state index in [1.165, 1.54) is 32.1 Å². The lowest BCUT2D eigenvalue weighted by Gasteiger charge is -2.35. The molecule has 17 heavy (non-hydrogen) atoms. The van der Waals surface area contributed by atoms with E-state index in [0.29, 0.717) is 5.41 Å². The van der Waals surface area contributed by atoms with Gasteiger partial charge in [-0.3, -0.25) is 0 Å². The van der Waals surface area contributed by atoms with Gasteiger partial charge in [0, 0.05) is 9.89 Å². The summed E-state index contributed by atoms with van der Waals surface area (Å²) in [6, 6.07) is 8.06. The zero-order chi connectivity index (χ0) is 12.1. The van der Waals surface area contributed by atoms with Crippen molar-refractivity contribution in [2.45, 2.75) is 32.1 Å². The second kappa shape index (κ2) is 6.14. The van der Waals surface area contributed by atoms with Crippen molar-refractivity contribution < 1.29 is 4.74 Å². The fourth-order valence-corrected chi connectivity index (χ4v) is 3.09. The molecule has 0 radical (unpaired) electrons. The van der Waals surface area contributed by atoms with Gasteiger partial charge in [0.2, 0.25) is 0 Å². The second-order valence-electron chi connectivity index (χ2n) is 4.96. The van der Waals surface area contributed by atoms with Crippen LogP contribution in [-0.4, -0.2) is 12.4 Å². The van der Waals surface area contributed by atoms with Crippen molar-refractivity contribution >= 4 is 28.6 Å². The van der Waals surface area contributed by atoms with Crippen LogP contribution in [0.15, 0.2) is 28.7 Å². The number of halogens is 1. The van der Waals surface area contributed by atoms with E-state index in [9.17, 15) is 0 Å². The molecule has 0 atom stereocenters. The molecular formula is C14H19BrOS. The molecule has 1 aromatic rings. The molecule has 94 valence electrons. The van der Waals surface area contributed by atoms with Crippen molar-refractivity contribution in [2.75, 3.05) is 12.4 Å². The standard InChI is InChI=1S/C14H19BrOS/c15-12-4-6-13(7-5-12)16-10-14(11-17)8-2-1-3-9-14/h4-7,17H,1-3,8-11H2. The van der Waals surface area contributed by atoms with Gasteiger partial charge < -0.3 is 4.74 Å². The zero-order valence-electron chi connectivity index (χ0n) is 9.99. The molecule has 1 nitrogen and oxygen atoms in total. The minimum atomic E-state index is 0.300. The molecule has 1 saturated carbocycles. The Kier molecular flexibility index (Phi) is 4.80. The molecule has 0 amide bonds. The van der Waals surface area contributed by atoms with Crippen LogP contribution >= 0.6 is 28.6 Å². The van der Waals surface area contributed by atoms with Crippen LogP contribution in [0.3, 0.4) is 0 Å². The Hall–Kier alpha value is -0.150. The molecule has 1 aliphatic rings. The minimum absolute atomic E-state index is 0.300. The SMILES string of the molecule is SCC1(COc2ccc(Br)cc2)CCCCC1. The molecule has 1 fully saturated rings. The summed E-state index contributed by atoms with van der Waals surface area (Å²) in [7, 11) is 0. The topological polar surface area (TPSA) is 9.23 Å². The highest BCUT2D eigenvalue weighted by molar-refractivity contribution is 9.10. The first-order valence-corrected chi connectivity index (χ1v) is 7.66. The number of hydrogen-bond acceptors (Lipinski definition) is 2. The van der Waals surface area contributed by atoms with Gasteiger partial charge in [0.1, 0.15) is 5.75 Å². The maximum Gasteiger partial charge on any atom is 0.119 e. The lowest BCUT2D eigenvalue weighted by Crippen LogP contribution is -2.32. The van der Waals surface area contributed by atoms with E-state index in [4.69, 9.17) is 4.74 Å². The quantitative estimate of drug-likeness (QED) is 0.792. The second-order valence-corrected chi connectivity index (χ2v) is 6.19. The summed E-state index contributed by atoms with van der Waals surface area (Å²) < 4.78 is 7.01. The van der Waals surface area contributed by atoms with Crippen LogP contribution < -0.4 is 4.74 Å². The summed E-state index contributed by atoms with van der Waals surface area (Å²) >= 11 is 7.95.